The van der Waals surface area contributed by atoms with Gasteiger partial charge in [-0.25, -0.2) is 9.78 Å². The van der Waals surface area contributed by atoms with Gasteiger partial charge in [0.2, 0.25) is 0 Å². The van der Waals surface area contributed by atoms with Gasteiger partial charge in [0.15, 0.2) is 0 Å². The van der Waals surface area contributed by atoms with Crippen LogP contribution < -0.4 is 0 Å². The number of carbonyl (C=O) groups excluding carboxylic acids is 1. The number of H-pyrrole nitrogens is 1. The van der Waals surface area contributed by atoms with Gasteiger partial charge >= 0.3 is 6.09 Å². The lowest BCUT2D eigenvalue weighted by Gasteiger charge is -2.27. The molecule has 4 atom stereocenters. The summed E-state index contributed by atoms with van der Waals surface area (Å²) in [5, 5.41) is 9.54. The Morgan fingerprint density at radius 1 is 1.50 bits per heavy atom. The van der Waals surface area contributed by atoms with Gasteiger partial charge in [-0.05, 0) is 51.9 Å². The molecule has 0 bridgehead atoms. The summed E-state index contributed by atoms with van der Waals surface area (Å²) in [4.78, 5) is 21.7. The highest BCUT2D eigenvalue weighted by Gasteiger charge is 2.44. The van der Waals surface area contributed by atoms with E-state index in [4.69, 9.17) is 4.74 Å². The summed E-state index contributed by atoms with van der Waals surface area (Å²) in [5.74, 6) is 1.61. The number of amides is 1. The Morgan fingerprint density at radius 2 is 2.23 bits per heavy atom. The van der Waals surface area contributed by atoms with Crippen LogP contribution in [0.15, 0.2) is 12.4 Å². The van der Waals surface area contributed by atoms with E-state index in [0.29, 0.717) is 18.4 Å². The molecule has 22 heavy (non-hydrogen) atoms. The van der Waals surface area contributed by atoms with Gasteiger partial charge in [-0.3, -0.25) is 4.90 Å². The topological polar surface area (TPSA) is 78.4 Å². The van der Waals surface area contributed by atoms with Gasteiger partial charge < -0.3 is 14.8 Å². The van der Waals surface area contributed by atoms with Crippen LogP contribution in [0.4, 0.5) is 4.79 Å². The van der Waals surface area contributed by atoms with Gasteiger partial charge in [0.05, 0.1) is 12.1 Å². The Kier molecular flexibility index (Phi) is 3.89. The van der Waals surface area contributed by atoms with Crippen LogP contribution in [0.3, 0.4) is 0 Å². The number of carbonyl (C=O) groups is 1. The van der Waals surface area contributed by atoms with Gasteiger partial charge in [0.25, 0.3) is 0 Å². The van der Waals surface area contributed by atoms with Crippen molar-refractivity contribution in [2.45, 2.75) is 57.8 Å². The molecule has 0 aromatic carbocycles. The SMILES string of the molecule is CC(C)(C)OC(=O)N1CC(CC2CC2O)C[C@H]1c1ncc[nH]1. The first-order chi connectivity index (χ1) is 10.3. The average Bonchev–Trinajstić information content (AvgIpc) is 2.86. The molecule has 1 aromatic heterocycles. The number of aromatic amines is 1. The fraction of sp³-hybridized carbons (Fsp3) is 0.750. The molecule has 3 unspecified atom stereocenters. The predicted octanol–water partition coefficient (Wildman–Crippen LogP) is 2.48. The second-order valence-electron chi connectivity index (χ2n) is 7.52. The van der Waals surface area contributed by atoms with Crippen molar-refractivity contribution in [3.05, 3.63) is 18.2 Å². The molecule has 1 aliphatic carbocycles. The van der Waals surface area contributed by atoms with Crippen LogP contribution in [0, 0.1) is 11.8 Å². The van der Waals surface area contributed by atoms with E-state index in [2.05, 4.69) is 9.97 Å². The zero-order chi connectivity index (χ0) is 15.9. The molecule has 3 rings (SSSR count). The standard InChI is InChI=1S/C16H25N3O3/c1-16(2,3)22-15(21)19-9-10(6-11-8-13(11)20)7-12(19)14-17-4-5-18-14/h4-5,10-13,20H,6-9H2,1-3H3,(H,17,18)/t10?,11?,12-,13?/m0/s1. The van der Waals surface area contributed by atoms with Crippen LogP contribution in [0.2, 0.25) is 0 Å². The maximum atomic E-state index is 12.5. The highest BCUT2D eigenvalue weighted by atomic mass is 16.6. The van der Waals surface area contributed by atoms with Crippen molar-refractivity contribution in [1.82, 2.24) is 14.9 Å². The molecule has 6 nitrogen and oxygen atoms in total. The summed E-state index contributed by atoms with van der Waals surface area (Å²) in [7, 11) is 0. The number of likely N-dealkylation sites (tertiary alicyclic amines) is 1. The van der Waals surface area contributed by atoms with Crippen molar-refractivity contribution in [3.8, 4) is 0 Å². The summed E-state index contributed by atoms with van der Waals surface area (Å²) < 4.78 is 5.54. The van der Waals surface area contributed by atoms with Crippen molar-refractivity contribution in [2.75, 3.05) is 6.54 Å². The molecule has 1 saturated heterocycles. The molecule has 6 heteroatoms. The van der Waals surface area contributed by atoms with E-state index in [1.54, 1.807) is 17.3 Å². The highest BCUT2D eigenvalue weighted by molar-refractivity contribution is 5.69. The summed E-state index contributed by atoms with van der Waals surface area (Å²) in [6, 6.07) is -0.0641. The minimum atomic E-state index is -0.504. The Bertz CT molecular complexity index is 523. The number of aromatic nitrogens is 2. The van der Waals surface area contributed by atoms with Crippen molar-refractivity contribution in [1.29, 1.82) is 0 Å². The molecular formula is C16H25N3O3. The van der Waals surface area contributed by atoms with Crippen molar-refractivity contribution in [2.24, 2.45) is 11.8 Å². The molecule has 0 radical (unpaired) electrons. The van der Waals surface area contributed by atoms with Crippen LogP contribution in [-0.2, 0) is 4.74 Å². The molecule has 122 valence electrons. The minimum absolute atomic E-state index is 0.0641. The van der Waals surface area contributed by atoms with Crippen molar-refractivity contribution >= 4 is 6.09 Å². The number of aliphatic hydroxyl groups is 1. The largest absolute Gasteiger partial charge is 0.444 e. The number of nitrogens with one attached hydrogen (secondary N) is 1. The highest BCUT2D eigenvalue weighted by Crippen LogP contribution is 2.43. The molecule has 2 N–H and O–H groups in total. The molecule has 1 saturated carbocycles. The second-order valence-corrected chi connectivity index (χ2v) is 7.52. The maximum absolute atomic E-state index is 12.5. The van der Waals surface area contributed by atoms with Crippen molar-refractivity contribution < 1.29 is 14.6 Å². The van der Waals surface area contributed by atoms with E-state index >= 15 is 0 Å². The summed E-state index contributed by atoms with van der Waals surface area (Å²) in [5.41, 5.74) is -0.504. The van der Waals surface area contributed by atoms with Gasteiger partial charge in [-0.2, -0.15) is 0 Å². The van der Waals surface area contributed by atoms with E-state index in [0.717, 1.165) is 25.1 Å². The van der Waals surface area contributed by atoms with Crippen LogP contribution >= 0.6 is 0 Å². The third-order valence-corrected chi connectivity index (χ3v) is 4.37. The lowest BCUT2D eigenvalue weighted by molar-refractivity contribution is 0.0213. The van der Waals surface area contributed by atoms with Crippen LogP contribution in [0.25, 0.3) is 0 Å². The van der Waals surface area contributed by atoms with Gasteiger partial charge in [-0.1, -0.05) is 0 Å². The molecule has 2 aliphatic rings. The second kappa shape index (κ2) is 5.57. The van der Waals surface area contributed by atoms with Crippen LogP contribution in [0.5, 0.6) is 0 Å². The number of imidazole rings is 1. The van der Waals surface area contributed by atoms with Crippen LogP contribution in [0.1, 0.15) is 51.9 Å². The maximum Gasteiger partial charge on any atom is 0.410 e. The zero-order valence-corrected chi connectivity index (χ0v) is 13.5. The number of ether oxygens (including phenoxy) is 1. The lowest BCUT2D eigenvalue weighted by atomic mass is 9.99. The normalized spacial score (nSPS) is 31.4. The molecule has 2 fully saturated rings. The fourth-order valence-corrected chi connectivity index (χ4v) is 3.25. The van der Waals surface area contributed by atoms with E-state index in [1.807, 2.05) is 20.8 Å². The summed E-state index contributed by atoms with van der Waals surface area (Å²) >= 11 is 0. The smallest absolute Gasteiger partial charge is 0.410 e. The molecule has 1 aliphatic heterocycles. The monoisotopic (exact) mass is 307 g/mol. The van der Waals surface area contributed by atoms with E-state index < -0.39 is 5.60 Å². The first-order valence-electron chi connectivity index (χ1n) is 8.00. The summed E-state index contributed by atoms with van der Waals surface area (Å²) in [6.07, 6.45) is 5.80. The van der Waals surface area contributed by atoms with Gasteiger partial charge in [0.1, 0.15) is 11.4 Å². The third-order valence-electron chi connectivity index (χ3n) is 4.37. The zero-order valence-electron chi connectivity index (χ0n) is 13.5. The Hall–Kier alpha value is -1.56. The molecule has 1 aromatic rings. The van der Waals surface area contributed by atoms with Crippen molar-refractivity contribution in [3.63, 3.8) is 0 Å². The Balaban J connectivity index is 1.71. The number of nitrogens with zero attached hydrogens (tertiary/aromatic N) is 2. The molecular weight excluding hydrogens is 282 g/mol. The first-order valence-corrected chi connectivity index (χ1v) is 8.00. The van der Waals surface area contributed by atoms with E-state index in [-0.39, 0.29) is 18.2 Å². The quantitative estimate of drug-likeness (QED) is 0.899. The molecule has 0 spiro atoms. The summed E-state index contributed by atoms with van der Waals surface area (Å²) in [6.45, 7) is 6.30. The lowest BCUT2D eigenvalue weighted by Crippen LogP contribution is -2.37. The number of rotatable bonds is 3. The van der Waals surface area contributed by atoms with E-state index in [1.165, 1.54) is 0 Å². The van der Waals surface area contributed by atoms with Gasteiger partial charge in [0, 0.05) is 18.9 Å². The minimum Gasteiger partial charge on any atom is -0.444 e. The van der Waals surface area contributed by atoms with Crippen LogP contribution in [-0.4, -0.2) is 44.3 Å². The van der Waals surface area contributed by atoms with E-state index in [9.17, 15) is 9.90 Å². The Labute approximate surface area is 130 Å². The first kappa shape index (κ1) is 15.3. The fourth-order valence-electron chi connectivity index (χ4n) is 3.25. The number of aliphatic hydroxyl groups excluding tert-OH is 1. The number of hydrogen-bond donors (Lipinski definition) is 2. The third kappa shape index (κ3) is 3.43. The van der Waals surface area contributed by atoms with Gasteiger partial charge in [-0.15, -0.1) is 0 Å². The average molecular weight is 307 g/mol. The Morgan fingerprint density at radius 3 is 2.77 bits per heavy atom. The molecule has 1 amide bonds. The number of hydrogen-bond acceptors (Lipinski definition) is 4. The predicted molar refractivity (Wildman–Crippen MR) is 81.1 cm³/mol. The molecule has 2 heterocycles.